The van der Waals surface area contributed by atoms with Crippen LogP contribution < -0.4 is 15.4 Å². The quantitative estimate of drug-likeness (QED) is 0.299. The maximum atomic E-state index is 12.9. The molecule has 0 aliphatic heterocycles. The molecule has 0 bridgehead atoms. The molecule has 2 N–H and O–H groups in total. The predicted molar refractivity (Wildman–Crippen MR) is 102 cm³/mol. The minimum absolute atomic E-state index is 0.00557. The van der Waals surface area contributed by atoms with E-state index in [9.17, 15) is 13.2 Å². The molecular weight excluding hydrogens is 395 g/mol. The zero-order valence-electron chi connectivity index (χ0n) is 15.3. The average Bonchev–Trinajstić information content (AvgIpc) is 2.66. The highest BCUT2D eigenvalue weighted by Crippen LogP contribution is 2.34. The Labute approximate surface area is 166 Å². The summed E-state index contributed by atoms with van der Waals surface area (Å²) < 4.78 is 43.9. The molecule has 28 heavy (non-hydrogen) atoms. The van der Waals surface area contributed by atoms with Gasteiger partial charge in [-0.2, -0.15) is 13.2 Å². The molecule has 0 aliphatic rings. The van der Waals surface area contributed by atoms with Crippen LogP contribution in [0.2, 0.25) is 5.15 Å². The standard InChI is InChI=1S/C18H21ClF3N5O/c1-2-23-17(25-9-7-13-5-6-15(19)27-12-13)26-10-11-28-16-14(18(20,21)22)4-3-8-24-16/h3-6,8,12H,2,7,9-11H2,1H3,(H2,23,25,26). The van der Waals surface area contributed by atoms with Gasteiger partial charge in [0.15, 0.2) is 5.96 Å². The lowest BCUT2D eigenvalue weighted by atomic mass is 10.2. The second-order valence-corrected chi connectivity index (χ2v) is 6.02. The molecule has 0 unspecified atom stereocenters. The van der Waals surface area contributed by atoms with Gasteiger partial charge in [-0.05, 0) is 37.1 Å². The van der Waals surface area contributed by atoms with E-state index in [-0.39, 0.29) is 13.2 Å². The summed E-state index contributed by atoms with van der Waals surface area (Å²) in [7, 11) is 0. The lowest BCUT2D eigenvalue weighted by Crippen LogP contribution is -2.39. The number of alkyl halides is 3. The zero-order chi connectivity index (χ0) is 20.4. The number of pyridine rings is 2. The van der Waals surface area contributed by atoms with Gasteiger partial charge in [0.25, 0.3) is 0 Å². The number of hydrogen-bond acceptors (Lipinski definition) is 4. The number of rotatable bonds is 8. The van der Waals surface area contributed by atoms with Crippen molar-refractivity contribution in [3.8, 4) is 5.88 Å². The molecule has 0 saturated heterocycles. The smallest absolute Gasteiger partial charge is 0.421 e. The van der Waals surface area contributed by atoms with Crippen molar-refractivity contribution >= 4 is 17.6 Å². The summed E-state index contributed by atoms with van der Waals surface area (Å²) >= 11 is 5.75. The minimum Gasteiger partial charge on any atom is -0.475 e. The van der Waals surface area contributed by atoms with Crippen LogP contribution in [0.4, 0.5) is 13.2 Å². The number of nitrogens with zero attached hydrogens (tertiary/aromatic N) is 3. The summed E-state index contributed by atoms with van der Waals surface area (Å²) in [6.07, 6.45) is -0.879. The molecule has 10 heteroatoms. The van der Waals surface area contributed by atoms with Crippen molar-refractivity contribution in [3.63, 3.8) is 0 Å². The van der Waals surface area contributed by atoms with Crippen LogP contribution in [-0.2, 0) is 12.6 Å². The minimum atomic E-state index is -4.51. The molecule has 2 aromatic rings. The van der Waals surface area contributed by atoms with Crippen molar-refractivity contribution in [2.45, 2.75) is 19.5 Å². The Morgan fingerprint density at radius 1 is 1.21 bits per heavy atom. The number of ether oxygens (including phenoxy) is 1. The summed E-state index contributed by atoms with van der Waals surface area (Å²) in [4.78, 5) is 12.1. The van der Waals surface area contributed by atoms with Gasteiger partial charge in [0.2, 0.25) is 5.88 Å². The Balaban J connectivity index is 1.82. The fourth-order valence-corrected chi connectivity index (χ4v) is 2.34. The van der Waals surface area contributed by atoms with Crippen LogP contribution in [0, 0.1) is 0 Å². The van der Waals surface area contributed by atoms with Crippen molar-refractivity contribution in [1.82, 2.24) is 20.6 Å². The molecule has 0 spiro atoms. The molecule has 152 valence electrons. The van der Waals surface area contributed by atoms with Crippen molar-refractivity contribution in [3.05, 3.63) is 52.9 Å². The SMILES string of the molecule is CCNC(=NCCc1ccc(Cl)nc1)NCCOc1ncccc1C(F)(F)F. The van der Waals surface area contributed by atoms with Crippen molar-refractivity contribution < 1.29 is 17.9 Å². The molecule has 0 fully saturated rings. The first-order valence-corrected chi connectivity index (χ1v) is 9.05. The largest absolute Gasteiger partial charge is 0.475 e. The molecule has 0 radical (unpaired) electrons. The Bertz CT molecular complexity index is 769. The van der Waals surface area contributed by atoms with Crippen LogP contribution in [0.5, 0.6) is 5.88 Å². The second-order valence-electron chi connectivity index (χ2n) is 5.63. The first-order chi connectivity index (χ1) is 13.4. The van der Waals surface area contributed by atoms with Crippen LogP contribution in [0.25, 0.3) is 0 Å². The number of halogens is 4. The van der Waals surface area contributed by atoms with Gasteiger partial charge in [-0.3, -0.25) is 4.99 Å². The van der Waals surface area contributed by atoms with Crippen LogP contribution in [0.1, 0.15) is 18.1 Å². The van der Waals surface area contributed by atoms with Gasteiger partial charge in [-0.1, -0.05) is 17.7 Å². The second kappa shape index (κ2) is 10.7. The number of aliphatic imine (C=N–C) groups is 1. The molecule has 0 aliphatic carbocycles. The zero-order valence-corrected chi connectivity index (χ0v) is 16.0. The molecule has 2 heterocycles. The van der Waals surface area contributed by atoms with Gasteiger partial charge in [0, 0.05) is 25.5 Å². The lowest BCUT2D eigenvalue weighted by molar-refractivity contribution is -0.139. The van der Waals surface area contributed by atoms with Crippen LogP contribution in [0.3, 0.4) is 0 Å². The van der Waals surface area contributed by atoms with Crippen molar-refractivity contribution in [2.24, 2.45) is 4.99 Å². The number of guanidine groups is 1. The monoisotopic (exact) mass is 415 g/mol. The molecule has 0 saturated carbocycles. The van der Waals surface area contributed by atoms with Gasteiger partial charge in [-0.25, -0.2) is 9.97 Å². The van der Waals surface area contributed by atoms with Crippen molar-refractivity contribution in [1.29, 1.82) is 0 Å². The third kappa shape index (κ3) is 7.22. The molecule has 6 nitrogen and oxygen atoms in total. The van der Waals surface area contributed by atoms with Crippen LogP contribution >= 0.6 is 11.6 Å². The van der Waals surface area contributed by atoms with E-state index in [2.05, 4.69) is 25.6 Å². The summed E-state index contributed by atoms with van der Waals surface area (Å²) in [5.74, 6) is 0.110. The van der Waals surface area contributed by atoms with E-state index < -0.39 is 17.6 Å². The van der Waals surface area contributed by atoms with E-state index >= 15 is 0 Å². The summed E-state index contributed by atoms with van der Waals surface area (Å²) in [5.41, 5.74) is 0.106. The van der Waals surface area contributed by atoms with E-state index in [1.165, 1.54) is 12.3 Å². The first kappa shape index (κ1) is 21.7. The topological polar surface area (TPSA) is 71.4 Å². The highest BCUT2D eigenvalue weighted by molar-refractivity contribution is 6.29. The fraction of sp³-hybridized carbons (Fsp3) is 0.389. The number of nitrogens with one attached hydrogen (secondary N) is 2. The van der Waals surface area contributed by atoms with Crippen LogP contribution in [-0.4, -0.2) is 42.2 Å². The van der Waals surface area contributed by atoms with E-state index in [0.29, 0.717) is 30.6 Å². The van der Waals surface area contributed by atoms with E-state index in [0.717, 1.165) is 11.6 Å². The van der Waals surface area contributed by atoms with Crippen LogP contribution in [0.15, 0.2) is 41.7 Å². The average molecular weight is 416 g/mol. The molecule has 2 aromatic heterocycles. The Kier molecular flexibility index (Phi) is 8.31. The van der Waals surface area contributed by atoms with E-state index in [4.69, 9.17) is 16.3 Å². The molecule has 0 aromatic carbocycles. The number of aromatic nitrogens is 2. The maximum Gasteiger partial charge on any atom is 0.421 e. The fourth-order valence-electron chi connectivity index (χ4n) is 2.23. The third-order valence-corrected chi connectivity index (χ3v) is 3.74. The Morgan fingerprint density at radius 3 is 2.71 bits per heavy atom. The van der Waals surface area contributed by atoms with Crippen molar-refractivity contribution in [2.75, 3.05) is 26.2 Å². The highest BCUT2D eigenvalue weighted by Gasteiger charge is 2.34. The van der Waals surface area contributed by atoms with Gasteiger partial charge < -0.3 is 15.4 Å². The Morgan fingerprint density at radius 2 is 2.04 bits per heavy atom. The Hall–Kier alpha value is -2.55. The van der Waals surface area contributed by atoms with E-state index in [1.54, 1.807) is 12.3 Å². The summed E-state index contributed by atoms with van der Waals surface area (Å²) in [5, 5.41) is 6.51. The third-order valence-electron chi connectivity index (χ3n) is 3.51. The molecule has 2 rings (SSSR count). The van der Waals surface area contributed by atoms with Gasteiger partial charge in [0.05, 0.1) is 6.54 Å². The van der Waals surface area contributed by atoms with Gasteiger partial charge in [0.1, 0.15) is 17.3 Å². The summed E-state index contributed by atoms with van der Waals surface area (Å²) in [6, 6.07) is 5.76. The first-order valence-electron chi connectivity index (χ1n) is 8.67. The molecular formula is C18H21ClF3N5O. The number of hydrogen-bond donors (Lipinski definition) is 2. The predicted octanol–water partition coefficient (Wildman–Crippen LogP) is 3.33. The normalized spacial score (nSPS) is 12.0. The lowest BCUT2D eigenvalue weighted by Gasteiger charge is -2.14. The molecule has 0 amide bonds. The highest BCUT2D eigenvalue weighted by atomic mass is 35.5. The molecule has 0 atom stereocenters. The van der Waals surface area contributed by atoms with E-state index in [1.807, 2.05) is 13.0 Å². The summed E-state index contributed by atoms with van der Waals surface area (Å²) in [6.45, 7) is 3.35. The van der Waals surface area contributed by atoms with Gasteiger partial charge >= 0.3 is 6.18 Å². The maximum absolute atomic E-state index is 12.9. The van der Waals surface area contributed by atoms with Gasteiger partial charge in [-0.15, -0.1) is 0 Å².